The van der Waals surface area contributed by atoms with E-state index < -0.39 is 35.6 Å². The van der Waals surface area contributed by atoms with Gasteiger partial charge in [0.25, 0.3) is 5.91 Å². The van der Waals surface area contributed by atoms with Gasteiger partial charge in [-0.15, -0.1) is 0 Å². The molecule has 2 atom stereocenters. The molecule has 2 N–H and O–H groups in total. The van der Waals surface area contributed by atoms with Crippen LogP contribution in [0.2, 0.25) is 5.02 Å². The zero-order chi connectivity index (χ0) is 27.0. The Morgan fingerprint density at radius 1 is 1.11 bits per heavy atom. The maximum atomic E-state index is 13.7. The van der Waals surface area contributed by atoms with Gasteiger partial charge in [0.15, 0.2) is 0 Å². The molecule has 0 spiro atoms. The van der Waals surface area contributed by atoms with Gasteiger partial charge >= 0.3 is 6.09 Å². The number of halogens is 1. The fourth-order valence-electron chi connectivity index (χ4n) is 3.69. The van der Waals surface area contributed by atoms with E-state index in [2.05, 4.69) is 10.6 Å². The molecule has 0 heterocycles. The Morgan fingerprint density at radius 2 is 1.78 bits per heavy atom. The Hall–Kier alpha value is -2.71. The Bertz CT molecular complexity index is 1070. The van der Waals surface area contributed by atoms with E-state index >= 15 is 0 Å². The van der Waals surface area contributed by atoms with Gasteiger partial charge in [-0.1, -0.05) is 53.6 Å². The van der Waals surface area contributed by atoms with Crippen LogP contribution in [0, 0.1) is 13.8 Å². The highest BCUT2D eigenvalue weighted by Gasteiger charge is 2.34. The minimum absolute atomic E-state index is 0.384. The first kappa shape index (κ1) is 29.5. The Kier molecular flexibility index (Phi) is 10.7. The van der Waals surface area contributed by atoms with Crippen molar-refractivity contribution >= 4 is 47.0 Å². The number of anilines is 1. The first-order valence-electron chi connectivity index (χ1n) is 11.7. The number of benzene rings is 2. The third kappa shape index (κ3) is 8.45. The number of likely N-dealkylation sites (N-methyl/N-ethyl adjacent to an activating group) is 1. The number of rotatable bonds is 9. The van der Waals surface area contributed by atoms with Crippen LogP contribution >= 0.6 is 23.4 Å². The van der Waals surface area contributed by atoms with Crippen LogP contribution in [-0.4, -0.2) is 53.5 Å². The zero-order valence-corrected chi connectivity index (χ0v) is 23.5. The van der Waals surface area contributed by atoms with E-state index in [4.69, 9.17) is 16.3 Å². The number of para-hydroxylation sites is 1. The summed E-state index contributed by atoms with van der Waals surface area (Å²) < 4.78 is 5.37. The van der Waals surface area contributed by atoms with Crippen LogP contribution in [0.3, 0.4) is 0 Å². The first-order chi connectivity index (χ1) is 16.8. The molecule has 0 aromatic heterocycles. The fraction of sp³-hybridized carbons (Fsp3) is 0.444. The van der Waals surface area contributed by atoms with E-state index in [-0.39, 0.29) is 0 Å². The van der Waals surface area contributed by atoms with Crippen molar-refractivity contribution in [2.45, 2.75) is 58.7 Å². The van der Waals surface area contributed by atoms with Crippen LogP contribution in [0.5, 0.6) is 0 Å². The van der Waals surface area contributed by atoms with E-state index in [1.54, 1.807) is 57.8 Å². The first-order valence-corrected chi connectivity index (χ1v) is 13.5. The molecule has 3 amide bonds. The molecule has 0 aliphatic rings. The van der Waals surface area contributed by atoms with E-state index in [9.17, 15) is 14.4 Å². The zero-order valence-electron chi connectivity index (χ0n) is 22.0. The number of amides is 3. The second-order valence-corrected chi connectivity index (χ2v) is 11.1. The predicted molar refractivity (Wildman–Crippen MR) is 148 cm³/mol. The summed E-state index contributed by atoms with van der Waals surface area (Å²) in [6.45, 7) is 9.04. The summed E-state index contributed by atoms with van der Waals surface area (Å²) in [5.74, 6) is -0.166. The molecule has 0 radical (unpaired) electrons. The summed E-state index contributed by atoms with van der Waals surface area (Å²) in [4.78, 5) is 41.2. The Balaban J connectivity index is 2.40. The summed E-state index contributed by atoms with van der Waals surface area (Å²) in [7, 11) is 1.57. The molecule has 7 nitrogen and oxygen atoms in total. The third-order valence-electron chi connectivity index (χ3n) is 5.41. The second kappa shape index (κ2) is 13.0. The van der Waals surface area contributed by atoms with Gasteiger partial charge in [0.2, 0.25) is 5.91 Å². The van der Waals surface area contributed by atoms with Gasteiger partial charge in [-0.3, -0.25) is 9.59 Å². The monoisotopic (exact) mass is 533 g/mol. The molecular weight excluding hydrogens is 498 g/mol. The molecule has 0 saturated heterocycles. The standard InChI is InChI=1S/C27H36ClN3O4S/c1-17-10-8-12-19(16-17)23(24(32)30-22-18(2)11-9-13-20(22)28)31(6)25(33)21(14-15-36-7)29-26(34)35-27(3,4)5/h8-13,16,21,23H,14-15H2,1-7H3,(H,29,34)(H,30,32). The minimum atomic E-state index is -0.953. The highest BCUT2D eigenvalue weighted by Crippen LogP contribution is 2.29. The van der Waals surface area contributed by atoms with Crippen LogP contribution in [0.15, 0.2) is 42.5 Å². The second-order valence-electron chi connectivity index (χ2n) is 9.67. The summed E-state index contributed by atoms with van der Waals surface area (Å²) >= 11 is 7.91. The lowest BCUT2D eigenvalue weighted by Crippen LogP contribution is -2.51. The van der Waals surface area contributed by atoms with Gasteiger partial charge in [0.1, 0.15) is 17.7 Å². The number of carbonyl (C=O) groups excluding carboxylic acids is 3. The number of ether oxygens (including phenoxy) is 1. The van der Waals surface area contributed by atoms with E-state index in [0.29, 0.717) is 28.4 Å². The number of nitrogens with one attached hydrogen (secondary N) is 2. The van der Waals surface area contributed by atoms with Crippen molar-refractivity contribution in [3.05, 3.63) is 64.2 Å². The van der Waals surface area contributed by atoms with Gasteiger partial charge in [-0.05, 0) is 70.2 Å². The van der Waals surface area contributed by atoms with Crippen LogP contribution in [0.1, 0.15) is 49.9 Å². The number of thioether (sulfide) groups is 1. The average molecular weight is 534 g/mol. The number of hydrogen-bond donors (Lipinski definition) is 2. The molecule has 9 heteroatoms. The SMILES string of the molecule is CSCCC(NC(=O)OC(C)(C)C)C(=O)N(C)C(C(=O)Nc1c(C)cccc1Cl)c1cccc(C)c1. The summed E-state index contributed by atoms with van der Waals surface area (Å²) in [5, 5.41) is 6.01. The Morgan fingerprint density at radius 3 is 2.36 bits per heavy atom. The van der Waals surface area contributed by atoms with Crippen LogP contribution in [0.25, 0.3) is 0 Å². The highest BCUT2D eigenvalue weighted by molar-refractivity contribution is 7.98. The molecule has 0 saturated carbocycles. The van der Waals surface area contributed by atoms with Crippen molar-refractivity contribution in [3.8, 4) is 0 Å². The largest absolute Gasteiger partial charge is 0.444 e. The number of nitrogens with zero attached hydrogens (tertiary/aromatic N) is 1. The van der Waals surface area contributed by atoms with Crippen LogP contribution in [0.4, 0.5) is 10.5 Å². The molecule has 2 aromatic carbocycles. The lowest BCUT2D eigenvalue weighted by molar-refractivity contribution is -0.139. The third-order valence-corrected chi connectivity index (χ3v) is 6.37. The fourth-order valence-corrected chi connectivity index (χ4v) is 4.43. The lowest BCUT2D eigenvalue weighted by Gasteiger charge is -2.32. The van der Waals surface area contributed by atoms with Crippen molar-refractivity contribution < 1.29 is 19.1 Å². The van der Waals surface area contributed by atoms with Crippen molar-refractivity contribution in [3.63, 3.8) is 0 Å². The van der Waals surface area contributed by atoms with Crippen LogP contribution in [-0.2, 0) is 14.3 Å². The molecule has 196 valence electrons. The van der Waals surface area contributed by atoms with E-state index in [1.807, 2.05) is 44.4 Å². The number of aryl methyl sites for hydroxylation is 2. The normalized spacial score (nSPS) is 12.9. The molecule has 0 bridgehead atoms. The molecular formula is C27H36ClN3O4S. The summed E-state index contributed by atoms with van der Waals surface area (Å²) in [5.41, 5.74) is 2.19. The smallest absolute Gasteiger partial charge is 0.408 e. The van der Waals surface area contributed by atoms with E-state index in [1.165, 1.54) is 4.90 Å². The van der Waals surface area contributed by atoms with Gasteiger partial charge in [-0.2, -0.15) is 11.8 Å². The molecule has 0 aliphatic carbocycles. The molecule has 2 rings (SSSR count). The number of hydrogen-bond acceptors (Lipinski definition) is 5. The topological polar surface area (TPSA) is 87.7 Å². The van der Waals surface area contributed by atoms with Gasteiger partial charge in [0, 0.05) is 7.05 Å². The summed E-state index contributed by atoms with van der Waals surface area (Å²) in [6, 6.07) is 11.0. The molecule has 36 heavy (non-hydrogen) atoms. The maximum absolute atomic E-state index is 13.7. The van der Waals surface area contributed by atoms with E-state index in [0.717, 1.165) is 11.1 Å². The maximum Gasteiger partial charge on any atom is 0.408 e. The molecule has 0 fully saturated rings. The average Bonchev–Trinajstić information content (AvgIpc) is 2.77. The van der Waals surface area contributed by atoms with Crippen molar-refractivity contribution in [1.29, 1.82) is 0 Å². The molecule has 2 aromatic rings. The van der Waals surface area contributed by atoms with Gasteiger partial charge in [0.05, 0.1) is 10.7 Å². The summed E-state index contributed by atoms with van der Waals surface area (Å²) in [6.07, 6.45) is 1.63. The van der Waals surface area contributed by atoms with Gasteiger partial charge in [-0.25, -0.2) is 4.79 Å². The lowest BCUT2D eigenvalue weighted by atomic mass is 10.0. The minimum Gasteiger partial charge on any atom is -0.444 e. The highest BCUT2D eigenvalue weighted by atomic mass is 35.5. The quantitative estimate of drug-likeness (QED) is 0.429. The van der Waals surface area contributed by atoms with Crippen molar-refractivity contribution in [1.82, 2.24) is 10.2 Å². The number of carbonyl (C=O) groups is 3. The van der Waals surface area contributed by atoms with Crippen molar-refractivity contribution in [2.24, 2.45) is 0 Å². The van der Waals surface area contributed by atoms with Crippen LogP contribution < -0.4 is 10.6 Å². The van der Waals surface area contributed by atoms with Gasteiger partial charge < -0.3 is 20.3 Å². The Labute approximate surface area is 223 Å². The van der Waals surface area contributed by atoms with Crippen molar-refractivity contribution in [2.75, 3.05) is 24.4 Å². The molecule has 2 unspecified atom stereocenters. The molecule has 0 aliphatic heterocycles. The predicted octanol–water partition coefficient (Wildman–Crippen LogP) is 5.74. The number of alkyl carbamates (subject to hydrolysis) is 1.